The van der Waals surface area contributed by atoms with Crippen LogP contribution in [0.25, 0.3) is 0 Å². The van der Waals surface area contributed by atoms with E-state index in [9.17, 15) is 29.3 Å². The number of nitrogens with one attached hydrogen (secondary N) is 2. The van der Waals surface area contributed by atoms with E-state index < -0.39 is 50.2 Å². The second-order valence-electron chi connectivity index (χ2n) is 7.70. The van der Waals surface area contributed by atoms with Gasteiger partial charge in [-0.1, -0.05) is 32.9 Å². The summed E-state index contributed by atoms with van der Waals surface area (Å²) >= 11 is 0. The van der Waals surface area contributed by atoms with Gasteiger partial charge in [-0.05, 0) is 24.3 Å². The highest BCUT2D eigenvalue weighted by Gasteiger charge is 2.77. The molecule has 0 aliphatic heterocycles. The molecule has 0 aromatic heterocycles. The number of benzene rings is 1. The number of ketones is 2. The molecule has 2 fully saturated rings. The number of nitrogens with zero attached hydrogens (tertiary/aromatic N) is 1. The molecule has 2 atom stereocenters. The second-order valence-corrected chi connectivity index (χ2v) is 7.70. The fourth-order valence-electron chi connectivity index (χ4n) is 4.39. The molecule has 3 rings (SSSR count). The average molecular weight is 373 g/mol. The summed E-state index contributed by atoms with van der Waals surface area (Å²) in [5.74, 6) is -2.99. The van der Waals surface area contributed by atoms with E-state index in [-0.39, 0.29) is 12.0 Å². The van der Waals surface area contributed by atoms with Crippen molar-refractivity contribution in [1.29, 1.82) is 0 Å². The Morgan fingerprint density at radius 2 is 1.67 bits per heavy atom. The zero-order valence-electron chi connectivity index (χ0n) is 15.1. The maximum Gasteiger partial charge on any atom is 0.282 e. The van der Waals surface area contributed by atoms with E-state index >= 15 is 0 Å². The second kappa shape index (κ2) is 5.70. The van der Waals surface area contributed by atoms with Crippen LogP contribution in [0.4, 0.5) is 5.69 Å². The van der Waals surface area contributed by atoms with Gasteiger partial charge in [0.1, 0.15) is 11.0 Å². The van der Waals surface area contributed by atoms with Crippen LogP contribution < -0.4 is 10.9 Å². The summed E-state index contributed by atoms with van der Waals surface area (Å²) in [6, 6.07) is 5.28. The third-order valence-electron chi connectivity index (χ3n) is 6.56. The van der Waals surface area contributed by atoms with E-state index in [1.807, 2.05) is 0 Å². The highest BCUT2D eigenvalue weighted by Crippen LogP contribution is 2.68. The third-order valence-corrected chi connectivity index (χ3v) is 6.56. The van der Waals surface area contributed by atoms with Gasteiger partial charge in [0.25, 0.3) is 17.5 Å². The first kappa shape index (κ1) is 18.7. The van der Waals surface area contributed by atoms with Gasteiger partial charge in [0, 0.05) is 11.5 Å². The lowest BCUT2D eigenvalue weighted by Gasteiger charge is -2.36. The molecule has 2 amide bonds. The van der Waals surface area contributed by atoms with Gasteiger partial charge >= 0.3 is 0 Å². The quantitative estimate of drug-likeness (QED) is 0.355. The maximum absolute atomic E-state index is 12.9. The number of Topliss-reactive ketones (excluding diaryl/α,β-unsaturated/α-hetero) is 2. The molecule has 2 N–H and O–H groups in total. The van der Waals surface area contributed by atoms with E-state index in [1.165, 1.54) is 24.3 Å². The van der Waals surface area contributed by atoms with Crippen molar-refractivity contribution in [2.24, 2.45) is 16.2 Å². The lowest BCUT2D eigenvalue weighted by Crippen LogP contribution is -2.55. The first-order valence-electron chi connectivity index (χ1n) is 8.44. The molecule has 2 saturated carbocycles. The zero-order valence-corrected chi connectivity index (χ0v) is 15.1. The molecule has 2 aliphatic rings. The molecule has 9 heteroatoms. The van der Waals surface area contributed by atoms with Crippen LogP contribution in [0.1, 0.15) is 44.0 Å². The predicted molar refractivity (Wildman–Crippen MR) is 92.3 cm³/mol. The smallest absolute Gasteiger partial charge is 0.282 e. The highest BCUT2D eigenvalue weighted by atomic mass is 16.6. The van der Waals surface area contributed by atoms with Crippen LogP contribution in [0.15, 0.2) is 24.3 Å². The van der Waals surface area contributed by atoms with Crippen molar-refractivity contribution in [3.63, 3.8) is 0 Å². The number of rotatable bonds is 3. The number of fused-ring (bicyclic) bond motifs is 2. The van der Waals surface area contributed by atoms with Gasteiger partial charge < -0.3 is 0 Å². The van der Waals surface area contributed by atoms with E-state index in [0.29, 0.717) is 6.42 Å². The monoisotopic (exact) mass is 373 g/mol. The molecule has 27 heavy (non-hydrogen) atoms. The minimum atomic E-state index is -1.56. The molecule has 0 spiro atoms. The van der Waals surface area contributed by atoms with Crippen molar-refractivity contribution in [3.8, 4) is 0 Å². The Balaban J connectivity index is 1.83. The van der Waals surface area contributed by atoms with Gasteiger partial charge in [0.15, 0.2) is 0 Å². The topological polar surface area (TPSA) is 135 Å². The van der Waals surface area contributed by atoms with Crippen molar-refractivity contribution in [1.82, 2.24) is 10.9 Å². The number of nitro groups is 1. The molecule has 0 heterocycles. The van der Waals surface area contributed by atoms with Crippen molar-refractivity contribution in [3.05, 3.63) is 39.9 Å². The molecular formula is C18H19N3O6. The largest absolute Gasteiger partial charge is 0.290 e. The zero-order chi connectivity index (χ0) is 20.2. The van der Waals surface area contributed by atoms with Crippen molar-refractivity contribution in [2.75, 3.05) is 0 Å². The molecule has 2 aliphatic carbocycles. The van der Waals surface area contributed by atoms with E-state index in [2.05, 4.69) is 10.9 Å². The van der Waals surface area contributed by atoms with Crippen LogP contribution in [0, 0.1) is 26.4 Å². The number of para-hydroxylation sites is 1. The van der Waals surface area contributed by atoms with Crippen LogP contribution in [0.5, 0.6) is 0 Å². The summed E-state index contributed by atoms with van der Waals surface area (Å²) in [7, 11) is 0. The normalized spacial score (nSPS) is 28.1. The van der Waals surface area contributed by atoms with Gasteiger partial charge in [-0.2, -0.15) is 0 Å². The third kappa shape index (κ3) is 2.17. The number of hydrazine groups is 1. The van der Waals surface area contributed by atoms with Gasteiger partial charge in [0.2, 0.25) is 11.6 Å². The van der Waals surface area contributed by atoms with E-state index in [1.54, 1.807) is 20.8 Å². The molecule has 9 nitrogen and oxygen atoms in total. The number of hydrogen-bond donors (Lipinski definition) is 2. The van der Waals surface area contributed by atoms with E-state index in [0.717, 1.165) is 0 Å². The molecule has 2 unspecified atom stereocenters. The summed E-state index contributed by atoms with van der Waals surface area (Å²) in [5.41, 5.74) is 0.277. The summed E-state index contributed by atoms with van der Waals surface area (Å²) in [6.45, 7) is 5.08. The summed E-state index contributed by atoms with van der Waals surface area (Å²) < 4.78 is 0. The van der Waals surface area contributed by atoms with Gasteiger partial charge in [-0.25, -0.2) is 0 Å². The van der Waals surface area contributed by atoms with Gasteiger partial charge in [0.05, 0.1) is 4.92 Å². The van der Waals surface area contributed by atoms with Crippen molar-refractivity contribution in [2.45, 2.75) is 33.6 Å². The molecule has 0 radical (unpaired) electrons. The number of amides is 2. The maximum atomic E-state index is 12.9. The van der Waals surface area contributed by atoms with Crippen molar-refractivity contribution < 1.29 is 24.1 Å². The van der Waals surface area contributed by atoms with Crippen LogP contribution in [-0.2, 0) is 14.4 Å². The number of carbonyl (C=O) groups is 4. The first-order chi connectivity index (χ1) is 12.5. The minimum Gasteiger partial charge on any atom is -0.290 e. The summed E-state index contributed by atoms with van der Waals surface area (Å²) in [5, 5.41) is 11.0. The minimum absolute atomic E-state index is 0.203. The fraction of sp³-hybridized carbons (Fsp3) is 0.444. The lowest BCUT2D eigenvalue weighted by atomic mass is 9.64. The molecular weight excluding hydrogens is 354 g/mol. The summed E-state index contributed by atoms with van der Waals surface area (Å²) in [6.07, 6.45) is 0.602. The lowest BCUT2D eigenvalue weighted by molar-refractivity contribution is -0.385. The number of nitro benzene ring substituents is 1. The van der Waals surface area contributed by atoms with Crippen LogP contribution in [-0.4, -0.2) is 28.3 Å². The Labute approximate surface area is 154 Å². The number of hydrogen-bond acceptors (Lipinski definition) is 6. The summed E-state index contributed by atoms with van der Waals surface area (Å²) in [4.78, 5) is 60.5. The molecule has 1 aromatic carbocycles. The Morgan fingerprint density at radius 1 is 1.04 bits per heavy atom. The standard InChI is InChI=1S/C18H19N3O6/c1-16(2)17(3)8-9-18(16,13(23)12(17)22)15(25)20-19-14(24)10-6-4-5-7-11(10)21(26)27/h4-7H,8-9H2,1-3H3,(H,19,24)(H,20,25). The van der Waals surface area contributed by atoms with Crippen LogP contribution >= 0.6 is 0 Å². The van der Waals surface area contributed by atoms with Crippen molar-refractivity contribution >= 4 is 29.1 Å². The molecule has 0 saturated heterocycles. The Hall–Kier alpha value is -3.10. The Morgan fingerprint density at radius 3 is 2.22 bits per heavy atom. The predicted octanol–water partition coefficient (Wildman–Crippen LogP) is 1.32. The van der Waals surface area contributed by atoms with E-state index in [4.69, 9.17) is 0 Å². The van der Waals surface area contributed by atoms with Gasteiger partial charge in [-0.15, -0.1) is 0 Å². The fourth-order valence-corrected chi connectivity index (χ4v) is 4.39. The number of carbonyl (C=O) groups excluding carboxylic acids is 4. The first-order valence-corrected chi connectivity index (χ1v) is 8.44. The molecule has 1 aromatic rings. The average Bonchev–Trinajstić information content (AvgIpc) is 2.91. The van der Waals surface area contributed by atoms with Gasteiger partial charge in [-0.3, -0.25) is 40.1 Å². The Bertz CT molecular complexity index is 908. The molecule has 142 valence electrons. The molecule has 2 bridgehead atoms. The Kier molecular flexibility index (Phi) is 3.94. The highest BCUT2D eigenvalue weighted by molar-refractivity contribution is 6.48. The SMILES string of the molecule is CC12CCC(C(=O)NNC(=O)c3ccccc3[N+](=O)[O-])(C(=O)C1=O)C2(C)C. The van der Waals surface area contributed by atoms with Crippen LogP contribution in [0.2, 0.25) is 0 Å². The van der Waals surface area contributed by atoms with Crippen LogP contribution in [0.3, 0.4) is 0 Å².